The molecule has 2 heterocycles. The van der Waals surface area contributed by atoms with Crippen LogP contribution in [0.1, 0.15) is 20.3 Å². The monoisotopic (exact) mass is 210 g/mol. The second kappa shape index (κ2) is 3.61. The summed E-state index contributed by atoms with van der Waals surface area (Å²) in [6.07, 6.45) is 0.878. The maximum Gasteiger partial charge on any atom is 0.246 e. The van der Waals surface area contributed by atoms with Gasteiger partial charge < -0.3 is 10.6 Å². The minimum atomic E-state index is -0.0684. The van der Waals surface area contributed by atoms with Crippen LogP contribution >= 0.6 is 11.3 Å². The first-order valence-electron chi connectivity index (χ1n) is 4.81. The molecular formula is C10H14N2OS. The Kier molecular flexibility index (Phi) is 2.46. The number of carbonyl (C=O) groups is 1. The normalized spacial score (nSPS) is 20.2. The molecule has 0 unspecified atom stereocenters. The van der Waals surface area contributed by atoms with Gasteiger partial charge in [-0.2, -0.15) is 0 Å². The second-order valence-electron chi connectivity index (χ2n) is 3.98. The number of carbonyl (C=O) groups excluding carboxylic acids is 1. The zero-order chi connectivity index (χ0) is 10.1. The molecule has 0 bridgehead atoms. The number of nitrogens with one attached hydrogen (secondary N) is 2. The van der Waals surface area contributed by atoms with Gasteiger partial charge in [-0.25, -0.2) is 0 Å². The van der Waals surface area contributed by atoms with E-state index < -0.39 is 0 Å². The number of thiophene rings is 1. The van der Waals surface area contributed by atoms with Crippen molar-refractivity contribution in [2.45, 2.75) is 26.3 Å². The Labute approximate surface area is 87.5 Å². The van der Waals surface area contributed by atoms with Crippen molar-refractivity contribution in [2.75, 3.05) is 10.6 Å². The highest BCUT2D eigenvalue weighted by Gasteiger charge is 2.26. The fraction of sp³-hybridized carbons (Fsp3) is 0.500. The molecule has 1 aromatic rings. The van der Waals surface area contributed by atoms with Crippen LogP contribution in [-0.4, -0.2) is 11.9 Å². The lowest BCUT2D eigenvalue weighted by Gasteiger charge is -2.25. The maximum absolute atomic E-state index is 11.6. The summed E-state index contributed by atoms with van der Waals surface area (Å²) in [5.41, 5.74) is 0.917. The molecule has 1 aliphatic rings. The van der Waals surface area contributed by atoms with Crippen molar-refractivity contribution < 1.29 is 4.79 Å². The molecule has 0 spiro atoms. The molecule has 1 aliphatic heterocycles. The summed E-state index contributed by atoms with van der Waals surface area (Å²) in [4.78, 5) is 11.6. The van der Waals surface area contributed by atoms with Crippen molar-refractivity contribution in [3.8, 4) is 0 Å². The summed E-state index contributed by atoms with van der Waals surface area (Å²) in [6.45, 7) is 4.25. The number of rotatable bonds is 2. The smallest absolute Gasteiger partial charge is 0.246 e. The van der Waals surface area contributed by atoms with E-state index in [0.717, 1.165) is 17.1 Å². The Hall–Kier alpha value is -1.03. The maximum atomic E-state index is 11.6. The van der Waals surface area contributed by atoms with E-state index in [2.05, 4.69) is 24.5 Å². The quantitative estimate of drug-likeness (QED) is 0.787. The molecule has 2 rings (SSSR count). The van der Waals surface area contributed by atoms with E-state index in [1.807, 2.05) is 11.4 Å². The average molecular weight is 210 g/mol. The van der Waals surface area contributed by atoms with Crippen molar-refractivity contribution in [2.24, 2.45) is 5.92 Å². The van der Waals surface area contributed by atoms with E-state index in [1.165, 1.54) is 0 Å². The van der Waals surface area contributed by atoms with Crippen LogP contribution in [0.25, 0.3) is 0 Å². The van der Waals surface area contributed by atoms with Gasteiger partial charge in [-0.1, -0.05) is 13.8 Å². The number of anilines is 2. The van der Waals surface area contributed by atoms with Gasteiger partial charge >= 0.3 is 0 Å². The molecule has 4 heteroatoms. The molecule has 0 aliphatic carbocycles. The van der Waals surface area contributed by atoms with Crippen molar-refractivity contribution in [3.63, 3.8) is 0 Å². The SMILES string of the molecule is CC(C)C[C@H]1Nc2sccc2NC1=O. The largest absolute Gasteiger partial charge is 0.364 e. The third-order valence-electron chi connectivity index (χ3n) is 2.25. The second-order valence-corrected chi connectivity index (χ2v) is 4.90. The predicted molar refractivity (Wildman–Crippen MR) is 59.8 cm³/mol. The molecule has 3 nitrogen and oxygen atoms in total. The molecule has 1 aromatic heterocycles. The Balaban J connectivity index is 2.13. The van der Waals surface area contributed by atoms with E-state index in [0.29, 0.717) is 5.92 Å². The zero-order valence-electron chi connectivity index (χ0n) is 8.33. The Morgan fingerprint density at radius 1 is 1.57 bits per heavy atom. The molecule has 1 amide bonds. The number of hydrogen-bond acceptors (Lipinski definition) is 3. The van der Waals surface area contributed by atoms with Crippen molar-refractivity contribution in [1.29, 1.82) is 0 Å². The van der Waals surface area contributed by atoms with Crippen molar-refractivity contribution in [3.05, 3.63) is 11.4 Å². The standard InChI is InChI=1S/C10H14N2OS/c1-6(2)5-8-9(13)11-7-3-4-14-10(7)12-8/h3-4,6,8,12H,5H2,1-2H3,(H,11,13)/t8-/m1/s1. The molecule has 0 saturated carbocycles. The molecule has 0 fully saturated rings. The van der Waals surface area contributed by atoms with Crippen LogP contribution in [0.5, 0.6) is 0 Å². The van der Waals surface area contributed by atoms with Crippen LogP contribution in [0, 0.1) is 5.92 Å². The summed E-state index contributed by atoms with van der Waals surface area (Å²) < 4.78 is 0. The lowest BCUT2D eigenvalue weighted by molar-refractivity contribution is -0.117. The van der Waals surface area contributed by atoms with Crippen LogP contribution in [0.15, 0.2) is 11.4 Å². The van der Waals surface area contributed by atoms with Crippen LogP contribution in [0.3, 0.4) is 0 Å². The molecular weight excluding hydrogens is 196 g/mol. The summed E-state index contributed by atoms with van der Waals surface area (Å²) in [5, 5.41) is 9.23. The first-order valence-corrected chi connectivity index (χ1v) is 5.69. The average Bonchev–Trinajstić information content (AvgIpc) is 2.51. The van der Waals surface area contributed by atoms with E-state index in [-0.39, 0.29) is 11.9 Å². The van der Waals surface area contributed by atoms with Gasteiger partial charge in [-0.05, 0) is 23.8 Å². The number of amides is 1. The predicted octanol–water partition coefficient (Wildman–Crippen LogP) is 2.53. The summed E-state index contributed by atoms with van der Waals surface area (Å²) in [7, 11) is 0. The first kappa shape index (κ1) is 9.52. The molecule has 14 heavy (non-hydrogen) atoms. The molecule has 0 radical (unpaired) electrons. The van der Waals surface area contributed by atoms with Crippen LogP contribution < -0.4 is 10.6 Å². The van der Waals surface area contributed by atoms with Crippen LogP contribution in [0.2, 0.25) is 0 Å². The van der Waals surface area contributed by atoms with Crippen molar-refractivity contribution >= 4 is 27.9 Å². The lowest BCUT2D eigenvalue weighted by Crippen LogP contribution is -2.39. The zero-order valence-corrected chi connectivity index (χ0v) is 9.15. The summed E-state index contributed by atoms with van der Waals surface area (Å²) in [5.74, 6) is 0.615. The van der Waals surface area contributed by atoms with Gasteiger partial charge in [0.2, 0.25) is 5.91 Å². The summed E-state index contributed by atoms with van der Waals surface area (Å²) >= 11 is 1.63. The highest BCUT2D eigenvalue weighted by Crippen LogP contribution is 2.33. The van der Waals surface area contributed by atoms with E-state index >= 15 is 0 Å². The third-order valence-corrected chi connectivity index (χ3v) is 3.10. The fourth-order valence-electron chi connectivity index (χ4n) is 1.60. The highest BCUT2D eigenvalue weighted by atomic mass is 32.1. The van der Waals surface area contributed by atoms with Gasteiger partial charge in [-0.3, -0.25) is 4.79 Å². The molecule has 2 N–H and O–H groups in total. The van der Waals surface area contributed by atoms with Gasteiger partial charge in [0.25, 0.3) is 0 Å². The Morgan fingerprint density at radius 3 is 3.07 bits per heavy atom. The Morgan fingerprint density at radius 2 is 2.36 bits per heavy atom. The fourth-order valence-corrected chi connectivity index (χ4v) is 2.40. The van der Waals surface area contributed by atoms with Gasteiger partial charge in [-0.15, -0.1) is 11.3 Å². The molecule has 0 aromatic carbocycles. The minimum absolute atomic E-state index is 0.0684. The van der Waals surface area contributed by atoms with Gasteiger partial charge in [0.05, 0.1) is 5.69 Å². The topological polar surface area (TPSA) is 41.1 Å². The lowest BCUT2D eigenvalue weighted by atomic mass is 10.0. The van der Waals surface area contributed by atoms with Crippen molar-refractivity contribution in [1.82, 2.24) is 0 Å². The number of hydrogen-bond donors (Lipinski definition) is 2. The Bertz CT molecular complexity index is 346. The molecule has 0 saturated heterocycles. The van der Waals surface area contributed by atoms with E-state index in [1.54, 1.807) is 11.3 Å². The van der Waals surface area contributed by atoms with Gasteiger partial charge in [0, 0.05) is 0 Å². The number of fused-ring (bicyclic) bond motifs is 1. The van der Waals surface area contributed by atoms with Gasteiger partial charge in [0.15, 0.2) is 0 Å². The third kappa shape index (κ3) is 1.75. The molecule has 76 valence electrons. The first-order chi connectivity index (χ1) is 6.66. The highest BCUT2D eigenvalue weighted by molar-refractivity contribution is 7.15. The van der Waals surface area contributed by atoms with E-state index in [4.69, 9.17) is 0 Å². The summed E-state index contributed by atoms with van der Waals surface area (Å²) in [6, 6.07) is 1.86. The minimum Gasteiger partial charge on any atom is -0.364 e. The van der Waals surface area contributed by atoms with Crippen LogP contribution in [-0.2, 0) is 4.79 Å². The van der Waals surface area contributed by atoms with Gasteiger partial charge in [0.1, 0.15) is 11.0 Å². The van der Waals surface area contributed by atoms with Crippen LogP contribution in [0.4, 0.5) is 10.7 Å². The van der Waals surface area contributed by atoms with E-state index in [9.17, 15) is 4.79 Å². The molecule has 1 atom stereocenters.